The Morgan fingerprint density at radius 1 is 1.26 bits per heavy atom. The lowest BCUT2D eigenvalue weighted by molar-refractivity contribution is -0.112. The first-order valence-corrected chi connectivity index (χ1v) is 9.30. The number of likely N-dealkylation sites (tertiary alicyclic amines) is 1. The van der Waals surface area contributed by atoms with Gasteiger partial charge in [-0.15, -0.1) is 0 Å². The topological polar surface area (TPSA) is 94.1 Å². The summed E-state index contributed by atoms with van der Waals surface area (Å²) in [5, 5.41) is 21.0. The number of rotatable bonds is 4. The smallest absolute Gasteiger partial charge is 0.156 e. The lowest BCUT2D eigenvalue weighted by atomic mass is 9.99. The summed E-state index contributed by atoms with van der Waals surface area (Å²) >= 11 is 0. The second-order valence-corrected chi connectivity index (χ2v) is 7.37. The Kier molecular flexibility index (Phi) is 3.91. The molecule has 3 unspecified atom stereocenters. The molecule has 2 fully saturated rings. The Bertz CT molecular complexity index is 984. The van der Waals surface area contributed by atoms with Crippen molar-refractivity contribution >= 4 is 17.3 Å². The molecule has 0 saturated carbocycles. The fraction of sp³-hybridized carbons (Fsp3) is 0.350. The monoisotopic (exact) mass is 363 g/mol. The van der Waals surface area contributed by atoms with Crippen LogP contribution in [0.1, 0.15) is 18.0 Å². The number of aromatic hydroxyl groups is 1. The number of hydrogen-bond donors (Lipinski definition) is 3. The number of carbonyl (C=O) groups is 1. The van der Waals surface area contributed by atoms with Crippen LogP contribution in [0.3, 0.4) is 0 Å². The maximum atomic E-state index is 12.2. The van der Waals surface area contributed by atoms with Gasteiger partial charge in [-0.2, -0.15) is 5.10 Å². The third-order valence-corrected chi connectivity index (χ3v) is 5.91. The van der Waals surface area contributed by atoms with E-state index in [0.717, 1.165) is 54.5 Å². The van der Waals surface area contributed by atoms with Gasteiger partial charge in [0.05, 0.1) is 17.9 Å². The molecule has 0 amide bonds. The van der Waals surface area contributed by atoms with Crippen molar-refractivity contribution in [3.63, 3.8) is 0 Å². The first kappa shape index (κ1) is 16.4. The molecule has 2 aliphatic rings. The van der Waals surface area contributed by atoms with E-state index >= 15 is 0 Å². The van der Waals surface area contributed by atoms with Gasteiger partial charge in [-0.25, -0.2) is 4.98 Å². The number of hydrogen-bond acceptors (Lipinski definition) is 6. The van der Waals surface area contributed by atoms with Crippen LogP contribution in [0.4, 0.5) is 0 Å². The highest BCUT2D eigenvalue weighted by Crippen LogP contribution is 2.37. The fourth-order valence-corrected chi connectivity index (χ4v) is 4.54. The van der Waals surface area contributed by atoms with Gasteiger partial charge in [-0.1, -0.05) is 0 Å². The molecule has 3 aromatic rings. The van der Waals surface area contributed by atoms with E-state index in [0.29, 0.717) is 17.6 Å². The van der Waals surface area contributed by atoms with Crippen LogP contribution in [0.2, 0.25) is 0 Å². The number of fused-ring (bicyclic) bond motifs is 2. The molecule has 0 radical (unpaired) electrons. The zero-order valence-electron chi connectivity index (χ0n) is 14.8. The Labute approximate surface area is 156 Å². The lowest BCUT2D eigenvalue weighted by Crippen LogP contribution is -2.38. The first-order chi connectivity index (χ1) is 13.2. The fourth-order valence-electron chi connectivity index (χ4n) is 4.54. The van der Waals surface area contributed by atoms with Crippen LogP contribution < -0.4 is 5.32 Å². The summed E-state index contributed by atoms with van der Waals surface area (Å²) in [6.07, 6.45) is 3.91. The van der Waals surface area contributed by atoms with Gasteiger partial charge in [0.15, 0.2) is 5.65 Å². The minimum absolute atomic E-state index is 0.212. The molecule has 2 aliphatic heterocycles. The maximum Gasteiger partial charge on any atom is 0.156 e. The number of pyridine rings is 1. The minimum atomic E-state index is -0.320. The van der Waals surface area contributed by atoms with Gasteiger partial charge in [0.1, 0.15) is 12.0 Å². The van der Waals surface area contributed by atoms with Crippen molar-refractivity contribution in [2.24, 2.45) is 5.92 Å². The van der Waals surface area contributed by atoms with E-state index in [4.69, 9.17) is 0 Å². The Balaban J connectivity index is 1.61. The van der Waals surface area contributed by atoms with Gasteiger partial charge in [0.25, 0.3) is 0 Å². The third kappa shape index (κ3) is 2.70. The van der Waals surface area contributed by atoms with Crippen LogP contribution in [0.25, 0.3) is 22.3 Å². The Morgan fingerprint density at radius 3 is 2.93 bits per heavy atom. The van der Waals surface area contributed by atoms with Gasteiger partial charge in [-0.3, -0.25) is 10.00 Å². The highest BCUT2D eigenvalue weighted by Gasteiger charge is 2.41. The summed E-state index contributed by atoms with van der Waals surface area (Å²) in [5.74, 6) is 0.829. The third-order valence-electron chi connectivity index (χ3n) is 5.91. The predicted octanol–water partition coefficient (Wildman–Crippen LogP) is 1.86. The van der Waals surface area contributed by atoms with E-state index in [9.17, 15) is 9.90 Å². The lowest BCUT2D eigenvalue weighted by Gasteiger charge is -2.29. The summed E-state index contributed by atoms with van der Waals surface area (Å²) in [7, 11) is 0. The summed E-state index contributed by atoms with van der Waals surface area (Å²) in [6.45, 7) is 2.89. The minimum Gasteiger partial charge on any atom is -0.508 e. The average molecular weight is 363 g/mol. The number of benzene rings is 1. The van der Waals surface area contributed by atoms with E-state index < -0.39 is 0 Å². The molecule has 3 N–H and O–H groups in total. The van der Waals surface area contributed by atoms with Gasteiger partial charge >= 0.3 is 0 Å². The summed E-state index contributed by atoms with van der Waals surface area (Å²) in [5.41, 5.74) is 3.24. The van der Waals surface area contributed by atoms with Crippen molar-refractivity contribution in [1.29, 1.82) is 0 Å². The van der Waals surface area contributed by atoms with Crippen molar-refractivity contribution in [3.8, 4) is 17.0 Å². The molecule has 4 heterocycles. The zero-order valence-corrected chi connectivity index (χ0v) is 14.8. The SMILES string of the molecule is O=CC(c1cc(-c2ccc(O)cc2)nc2[nH]ncc12)N1CCC2CNCC21. The van der Waals surface area contributed by atoms with E-state index in [1.54, 1.807) is 18.3 Å². The molecule has 0 aliphatic carbocycles. The average Bonchev–Trinajstić information content (AvgIpc) is 3.40. The quantitative estimate of drug-likeness (QED) is 0.613. The zero-order chi connectivity index (χ0) is 18.4. The number of nitrogens with one attached hydrogen (secondary N) is 2. The van der Waals surface area contributed by atoms with Crippen LogP contribution >= 0.6 is 0 Å². The molecule has 1 aromatic carbocycles. The largest absolute Gasteiger partial charge is 0.508 e. The highest BCUT2D eigenvalue weighted by atomic mass is 16.3. The number of H-pyrrole nitrogens is 1. The number of aldehydes is 1. The van der Waals surface area contributed by atoms with E-state index in [1.807, 2.05) is 18.2 Å². The van der Waals surface area contributed by atoms with Crippen LogP contribution in [0.15, 0.2) is 36.5 Å². The molecule has 3 atom stereocenters. The molecular formula is C20H21N5O2. The normalized spacial score (nSPS) is 23.6. The summed E-state index contributed by atoms with van der Waals surface area (Å²) < 4.78 is 0. The molecule has 2 aromatic heterocycles. The maximum absolute atomic E-state index is 12.2. The number of aromatic amines is 1. The first-order valence-electron chi connectivity index (χ1n) is 9.30. The molecule has 138 valence electrons. The van der Waals surface area contributed by atoms with Gasteiger partial charge in [-0.05, 0) is 61.3 Å². The predicted molar refractivity (Wildman–Crippen MR) is 101 cm³/mol. The molecule has 27 heavy (non-hydrogen) atoms. The molecule has 0 bridgehead atoms. The molecular weight excluding hydrogens is 342 g/mol. The molecule has 0 spiro atoms. The molecule has 5 rings (SSSR count). The van der Waals surface area contributed by atoms with Crippen LogP contribution in [0.5, 0.6) is 5.75 Å². The van der Waals surface area contributed by atoms with E-state index in [-0.39, 0.29) is 11.8 Å². The van der Waals surface area contributed by atoms with E-state index in [2.05, 4.69) is 25.4 Å². The van der Waals surface area contributed by atoms with Crippen molar-refractivity contribution in [2.45, 2.75) is 18.5 Å². The van der Waals surface area contributed by atoms with E-state index in [1.165, 1.54) is 0 Å². The number of nitrogens with zero attached hydrogens (tertiary/aromatic N) is 3. The van der Waals surface area contributed by atoms with Gasteiger partial charge in [0, 0.05) is 23.5 Å². The summed E-state index contributed by atoms with van der Waals surface area (Å²) in [4.78, 5) is 19.2. The van der Waals surface area contributed by atoms with Crippen molar-refractivity contribution in [3.05, 3.63) is 42.1 Å². The molecule has 7 heteroatoms. The van der Waals surface area contributed by atoms with Crippen LogP contribution in [0, 0.1) is 5.92 Å². The van der Waals surface area contributed by atoms with Crippen LogP contribution in [-0.2, 0) is 4.79 Å². The Morgan fingerprint density at radius 2 is 2.11 bits per heavy atom. The molecule has 2 saturated heterocycles. The second kappa shape index (κ2) is 6.44. The number of phenols is 1. The van der Waals surface area contributed by atoms with Crippen LogP contribution in [-0.4, -0.2) is 57.2 Å². The van der Waals surface area contributed by atoms with Gasteiger partial charge < -0.3 is 15.2 Å². The van der Waals surface area contributed by atoms with Crippen molar-refractivity contribution in [2.75, 3.05) is 19.6 Å². The van der Waals surface area contributed by atoms with Crippen molar-refractivity contribution in [1.82, 2.24) is 25.4 Å². The number of phenolic OH excluding ortho intramolecular Hbond substituents is 1. The highest BCUT2D eigenvalue weighted by molar-refractivity contribution is 5.85. The number of aromatic nitrogens is 3. The summed E-state index contributed by atoms with van der Waals surface area (Å²) in [6, 6.07) is 8.99. The Hall–Kier alpha value is -2.77. The van der Waals surface area contributed by atoms with Crippen molar-refractivity contribution < 1.29 is 9.90 Å². The number of carbonyl (C=O) groups excluding carboxylic acids is 1. The molecule has 7 nitrogen and oxygen atoms in total. The second-order valence-electron chi connectivity index (χ2n) is 7.37. The van der Waals surface area contributed by atoms with Gasteiger partial charge in [0.2, 0.25) is 0 Å². The standard InChI is InChI=1S/C20H21N5O2/c26-11-19(25-6-5-13-8-21-10-18(13)25)15-7-17(12-1-3-14(27)4-2-12)23-20-16(15)9-22-24-20/h1-4,7,9,11,13,18-19,21,27H,5-6,8,10H2,(H,22,23,24).